The van der Waals surface area contributed by atoms with Crippen LogP contribution in [0.1, 0.15) is 6.23 Å². The van der Waals surface area contributed by atoms with Crippen LogP contribution in [0, 0.1) is 5.41 Å². The van der Waals surface area contributed by atoms with Crippen LogP contribution in [-0.4, -0.2) is 59.8 Å². The van der Waals surface area contributed by atoms with Crippen molar-refractivity contribution in [2.24, 2.45) is 0 Å². The molecule has 2 aromatic heterocycles. The highest BCUT2D eigenvalue weighted by atomic mass is 16.5. The number of nitrogens with zero attached hydrogens (tertiary/aromatic N) is 2. The van der Waals surface area contributed by atoms with Crippen LogP contribution in [0.2, 0.25) is 0 Å². The molecular formula is C11H13N5O6. The van der Waals surface area contributed by atoms with E-state index >= 15 is 0 Å². The predicted octanol–water partition coefficient (Wildman–Crippen LogP) is -3.50. The average Bonchev–Trinajstić information content (AvgIpc) is 2.45. The maximum atomic E-state index is 11.8. The van der Waals surface area contributed by atoms with E-state index < -0.39 is 35.8 Å². The molecule has 0 radical (unpaired) electrons. The van der Waals surface area contributed by atoms with Crippen molar-refractivity contribution in [3.8, 4) is 0 Å². The Morgan fingerprint density at radius 2 is 2.00 bits per heavy atom. The van der Waals surface area contributed by atoms with E-state index in [2.05, 4.69) is 9.97 Å². The maximum Gasteiger partial charge on any atom is 0.327 e. The molecule has 2 aromatic rings. The van der Waals surface area contributed by atoms with Gasteiger partial charge in [-0.3, -0.25) is 24.7 Å². The van der Waals surface area contributed by atoms with Crippen molar-refractivity contribution >= 4 is 11.0 Å². The van der Waals surface area contributed by atoms with Crippen molar-refractivity contribution in [3.05, 3.63) is 32.7 Å². The Hall–Kier alpha value is -2.34. The molecule has 1 aliphatic heterocycles. The van der Waals surface area contributed by atoms with Crippen molar-refractivity contribution in [1.82, 2.24) is 19.5 Å². The van der Waals surface area contributed by atoms with E-state index in [0.717, 1.165) is 10.9 Å². The minimum Gasteiger partial charge on any atom is -0.388 e. The van der Waals surface area contributed by atoms with Gasteiger partial charge in [0.05, 0.1) is 6.61 Å². The number of aromatic nitrogens is 4. The van der Waals surface area contributed by atoms with E-state index in [-0.39, 0.29) is 23.1 Å². The van der Waals surface area contributed by atoms with Gasteiger partial charge in [-0.15, -0.1) is 0 Å². The summed E-state index contributed by atoms with van der Waals surface area (Å²) in [4.78, 5) is 31.3. The minimum absolute atomic E-state index is 0.0820. The number of aromatic amines is 2. The number of H-pyrrole nitrogens is 2. The van der Waals surface area contributed by atoms with E-state index in [4.69, 9.17) is 10.1 Å². The highest BCUT2D eigenvalue weighted by Gasteiger charge is 2.39. The summed E-state index contributed by atoms with van der Waals surface area (Å²) in [5.74, 6) is 0. The van der Waals surface area contributed by atoms with E-state index in [1.54, 1.807) is 0 Å². The van der Waals surface area contributed by atoms with Crippen LogP contribution in [0.5, 0.6) is 0 Å². The van der Waals surface area contributed by atoms with Gasteiger partial charge in [-0.25, -0.2) is 9.78 Å². The largest absolute Gasteiger partial charge is 0.388 e. The molecule has 0 bridgehead atoms. The minimum atomic E-state index is -1.52. The summed E-state index contributed by atoms with van der Waals surface area (Å²) in [6.45, 7) is -0.257. The van der Waals surface area contributed by atoms with E-state index in [1.165, 1.54) is 0 Å². The lowest BCUT2D eigenvalue weighted by Crippen LogP contribution is -2.51. The third kappa shape index (κ3) is 2.16. The van der Waals surface area contributed by atoms with Gasteiger partial charge in [-0.2, -0.15) is 0 Å². The monoisotopic (exact) mass is 311 g/mol. The zero-order valence-electron chi connectivity index (χ0n) is 11.1. The summed E-state index contributed by atoms with van der Waals surface area (Å²) in [6.07, 6.45) is -4.34. The fourth-order valence-electron chi connectivity index (χ4n) is 2.36. The number of fused-ring (bicyclic) bond motifs is 1. The van der Waals surface area contributed by atoms with E-state index in [9.17, 15) is 24.9 Å². The molecule has 0 aromatic carbocycles. The van der Waals surface area contributed by atoms with Crippen LogP contribution >= 0.6 is 0 Å². The smallest absolute Gasteiger partial charge is 0.327 e. The Morgan fingerprint density at radius 1 is 1.27 bits per heavy atom. The lowest BCUT2D eigenvalue weighted by atomic mass is 10.0. The van der Waals surface area contributed by atoms with E-state index in [0.29, 0.717) is 0 Å². The Bertz CT molecular complexity index is 885. The average molecular weight is 311 g/mol. The summed E-state index contributed by atoms with van der Waals surface area (Å²) in [7, 11) is 0. The standard InChI is InChI=1S/C11H13N5O6/c12-7-4-8(14-11(21)15-9(4)20)16(2-13-7)10-6(19)5(18)3(17)1-22-10/h2-3,5-6,10,12,17-19H,1H2,(H2,14,15,20,21)/t3-,5-,6+,10+/m1/s1. The first-order chi connectivity index (χ1) is 10.4. The molecule has 0 aliphatic carbocycles. The number of rotatable bonds is 1. The molecule has 3 rings (SSSR count). The van der Waals surface area contributed by atoms with Crippen LogP contribution in [0.15, 0.2) is 15.9 Å². The summed E-state index contributed by atoms with van der Waals surface area (Å²) in [6, 6.07) is 0. The van der Waals surface area contributed by atoms with E-state index in [1.807, 2.05) is 4.98 Å². The van der Waals surface area contributed by atoms with Gasteiger partial charge in [0, 0.05) is 0 Å². The first kappa shape index (κ1) is 14.6. The third-order valence-electron chi connectivity index (χ3n) is 3.48. The molecule has 0 spiro atoms. The normalized spacial score (nSPS) is 28.9. The van der Waals surface area contributed by atoms with Crippen LogP contribution < -0.4 is 16.7 Å². The highest BCUT2D eigenvalue weighted by Crippen LogP contribution is 2.25. The number of aliphatic hydroxyl groups excluding tert-OH is 3. The Labute approximate surface area is 121 Å². The van der Waals surface area contributed by atoms with Crippen LogP contribution in [0.3, 0.4) is 0 Å². The lowest BCUT2D eigenvalue weighted by Gasteiger charge is -2.36. The molecule has 11 nitrogen and oxygen atoms in total. The Balaban J connectivity index is 2.24. The summed E-state index contributed by atoms with van der Waals surface area (Å²) in [5.41, 5.74) is -2.06. The number of ether oxygens (including phenoxy) is 1. The molecule has 0 saturated carbocycles. The molecule has 22 heavy (non-hydrogen) atoms. The fourth-order valence-corrected chi connectivity index (χ4v) is 2.36. The second kappa shape index (κ2) is 5.14. The molecule has 0 amide bonds. The molecule has 118 valence electrons. The molecule has 4 atom stereocenters. The van der Waals surface area contributed by atoms with Gasteiger partial charge in [0.2, 0.25) is 0 Å². The van der Waals surface area contributed by atoms with Gasteiger partial charge in [-0.05, 0) is 0 Å². The van der Waals surface area contributed by atoms with Crippen LogP contribution in [0.4, 0.5) is 0 Å². The van der Waals surface area contributed by atoms with Gasteiger partial charge >= 0.3 is 5.69 Å². The second-order valence-corrected chi connectivity index (χ2v) is 4.90. The molecule has 0 unspecified atom stereocenters. The lowest BCUT2D eigenvalue weighted by molar-refractivity contribution is -0.210. The Morgan fingerprint density at radius 3 is 2.73 bits per heavy atom. The zero-order valence-corrected chi connectivity index (χ0v) is 11.1. The van der Waals surface area contributed by atoms with Gasteiger partial charge in [0.25, 0.3) is 5.56 Å². The number of hydrogen-bond acceptors (Lipinski definition) is 8. The molecule has 1 aliphatic rings. The number of hydrogen-bond donors (Lipinski definition) is 6. The molecule has 1 fully saturated rings. The quantitative estimate of drug-likeness (QED) is 0.316. The maximum absolute atomic E-state index is 11.8. The first-order valence-electron chi connectivity index (χ1n) is 6.34. The molecule has 3 heterocycles. The van der Waals surface area contributed by atoms with Crippen LogP contribution in [0.25, 0.3) is 11.0 Å². The molecule has 1 saturated heterocycles. The molecule has 6 N–H and O–H groups in total. The van der Waals surface area contributed by atoms with Crippen molar-refractivity contribution < 1.29 is 20.1 Å². The zero-order chi connectivity index (χ0) is 16.0. The topological polar surface area (TPSA) is 177 Å². The summed E-state index contributed by atoms with van der Waals surface area (Å²) >= 11 is 0. The van der Waals surface area contributed by atoms with Gasteiger partial charge < -0.3 is 20.1 Å². The fraction of sp³-hybridized carbons (Fsp3) is 0.455. The van der Waals surface area contributed by atoms with Crippen molar-refractivity contribution in [2.75, 3.05) is 6.61 Å². The van der Waals surface area contributed by atoms with Gasteiger partial charge in [0.1, 0.15) is 35.7 Å². The number of aliphatic hydroxyl groups is 3. The van der Waals surface area contributed by atoms with Crippen molar-refractivity contribution in [2.45, 2.75) is 24.5 Å². The van der Waals surface area contributed by atoms with Crippen LogP contribution in [-0.2, 0) is 4.74 Å². The first-order valence-corrected chi connectivity index (χ1v) is 6.34. The van der Waals surface area contributed by atoms with Gasteiger partial charge in [-0.1, -0.05) is 0 Å². The van der Waals surface area contributed by atoms with Gasteiger partial charge in [0.15, 0.2) is 11.7 Å². The second-order valence-electron chi connectivity index (χ2n) is 4.90. The van der Waals surface area contributed by atoms with Crippen molar-refractivity contribution in [1.29, 1.82) is 5.41 Å². The third-order valence-corrected chi connectivity index (χ3v) is 3.48. The Kier molecular flexibility index (Phi) is 3.41. The van der Waals surface area contributed by atoms with Crippen molar-refractivity contribution in [3.63, 3.8) is 0 Å². The highest BCUT2D eigenvalue weighted by molar-refractivity contribution is 5.71. The summed E-state index contributed by atoms with van der Waals surface area (Å²) < 4.78 is 6.38. The SMILES string of the molecule is N=c1ncn([C@H]2OC[C@@H](O)[C@@H](O)[C@@H]2O)c2[nH]c(=O)[nH]c(=O)c12. The summed E-state index contributed by atoms with van der Waals surface area (Å²) in [5, 5.41) is 36.7. The number of nitrogens with one attached hydrogen (secondary N) is 3. The molecule has 11 heteroatoms. The molecular weight excluding hydrogens is 298 g/mol. The predicted molar refractivity (Wildman–Crippen MR) is 69.8 cm³/mol.